The molecular formula is C12H20O2. The summed E-state index contributed by atoms with van der Waals surface area (Å²) in [5.41, 5.74) is -0.421. The minimum atomic E-state index is -0.421. The van der Waals surface area contributed by atoms with E-state index >= 15 is 0 Å². The molecule has 2 aliphatic carbocycles. The summed E-state index contributed by atoms with van der Waals surface area (Å²) in [4.78, 5) is 11.9. The number of carbonyl (C=O) groups excluding carboxylic acids is 1. The van der Waals surface area contributed by atoms with Crippen LogP contribution < -0.4 is 0 Å². The van der Waals surface area contributed by atoms with E-state index in [1.54, 1.807) is 0 Å². The molecule has 14 heavy (non-hydrogen) atoms. The number of fused-ring (bicyclic) bond motifs is 1. The van der Waals surface area contributed by atoms with Crippen LogP contribution in [0.15, 0.2) is 0 Å². The van der Waals surface area contributed by atoms with Crippen molar-refractivity contribution in [1.29, 1.82) is 0 Å². The first kappa shape index (κ1) is 10.2. The Balaban J connectivity index is 2.34. The second-order valence-corrected chi connectivity index (χ2v) is 5.28. The van der Waals surface area contributed by atoms with Gasteiger partial charge in [-0.25, -0.2) is 0 Å². The summed E-state index contributed by atoms with van der Waals surface area (Å²) in [5.74, 6) is 1.32. The van der Waals surface area contributed by atoms with Crippen molar-refractivity contribution in [2.45, 2.75) is 52.1 Å². The van der Waals surface area contributed by atoms with E-state index in [-0.39, 0.29) is 0 Å². The van der Waals surface area contributed by atoms with Crippen LogP contribution in [0.2, 0.25) is 0 Å². The summed E-state index contributed by atoms with van der Waals surface area (Å²) in [5, 5.41) is 10.1. The SMILES string of the molecule is C[C@H]1CCCC(O)[C@]2(C)C(=O)CC[C@@H]12. The summed E-state index contributed by atoms with van der Waals surface area (Å²) in [6.07, 6.45) is 4.33. The van der Waals surface area contributed by atoms with Crippen molar-refractivity contribution in [2.24, 2.45) is 17.3 Å². The summed E-state index contributed by atoms with van der Waals surface area (Å²) in [6.45, 7) is 4.22. The van der Waals surface area contributed by atoms with E-state index in [0.717, 1.165) is 19.3 Å². The highest BCUT2D eigenvalue weighted by Gasteiger charge is 2.53. The predicted octanol–water partition coefficient (Wildman–Crippen LogP) is 2.15. The molecule has 0 aromatic rings. The van der Waals surface area contributed by atoms with Crippen LogP contribution in [0.25, 0.3) is 0 Å². The largest absolute Gasteiger partial charge is 0.392 e. The molecule has 80 valence electrons. The Labute approximate surface area is 85.7 Å². The van der Waals surface area contributed by atoms with Crippen LogP contribution in [-0.2, 0) is 4.79 Å². The van der Waals surface area contributed by atoms with Crippen LogP contribution in [0.3, 0.4) is 0 Å². The highest BCUT2D eigenvalue weighted by Crippen LogP contribution is 2.50. The number of hydrogen-bond acceptors (Lipinski definition) is 2. The molecule has 2 fully saturated rings. The van der Waals surface area contributed by atoms with Gasteiger partial charge in [0.25, 0.3) is 0 Å². The molecule has 1 unspecified atom stereocenters. The molecule has 2 nitrogen and oxygen atoms in total. The van der Waals surface area contributed by atoms with Crippen molar-refractivity contribution < 1.29 is 9.90 Å². The lowest BCUT2D eigenvalue weighted by Gasteiger charge is -2.35. The zero-order valence-electron chi connectivity index (χ0n) is 9.12. The van der Waals surface area contributed by atoms with Crippen LogP contribution in [0.1, 0.15) is 46.0 Å². The van der Waals surface area contributed by atoms with Crippen molar-refractivity contribution in [3.63, 3.8) is 0 Å². The topological polar surface area (TPSA) is 37.3 Å². The van der Waals surface area contributed by atoms with Gasteiger partial charge in [-0.3, -0.25) is 4.79 Å². The minimum absolute atomic E-state index is 0.295. The molecule has 0 aliphatic heterocycles. The van der Waals surface area contributed by atoms with Gasteiger partial charge in [-0.1, -0.05) is 19.8 Å². The van der Waals surface area contributed by atoms with Crippen LogP contribution >= 0.6 is 0 Å². The van der Waals surface area contributed by atoms with E-state index in [9.17, 15) is 9.90 Å². The zero-order chi connectivity index (χ0) is 10.3. The van der Waals surface area contributed by atoms with Crippen LogP contribution in [-0.4, -0.2) is 17.0 Å². The average molecular weight is 196 g/mol. The van der Waals surface area contributed by atoms with Gasteiger partial charge in [-0.2, -0.15) is 0 Å². The summed E-state index contributed by atoms with van der Waals surface area (Å²) >= 11 is 0. The van der Waals surface area contributed by atoms with Crippen LogP contribution in [0, 0.1) is 17.3 Å². The van der Waals surface area contributed by atoms with Gasteiger partial charge in [0.1, 0.15) is 5.78 Å². The van der Waals surface area contributed by atoms with Gasteiger partial charge < -0.3 is 5.11 Å². The Morgan fingerprint density at radius 1 is 1.36 bits per heavy atom. The van der Waals surface area contributed by atoms with E-state index in [2.05, 4.69) is 6.92 Å². The van der Waals surface area contributed by atoms with Gasteiger partial charge in [0.2, 0.25) is 0 Å². The summed E-state index contributed by atoms with van der Waals surface area (Å²) in [7, 11) is 0. The second kappa shape index (κ2) is 3.34. The second-order valence-electron chi connectivity index (χ2n) is 5.28. The highest BCUT2D eigenvalue weighted by atomic mass is 16.3. The molecule has 0 aromatic heterocycles. The summed E-state index contributed by atoms with van der Waals surface area (Å²) < 4.78 is 0. The first-order valence-corrected chi connectivity index (χ1v) is 5.78. The van der Waals surface area contributed by atoms with Gasteiger partial charge >= 0.3 is 0 Å². The Bertz CT molecular complexity index is 249. The van der Waals surface area contributed by atoms with Crippen molar-refractivity contribution in [2.75, 3.05) is 0 Å². The fraction of sp³-hybridized carbons (Fsp3) is 0.917. The Morgan fingerprint density at radius 2 is 2.07 bits per heavy atom. The number of ketones is 1. The molecule has 2 aliphatic rings. The molecule has 2 saturated carbocycles. The molecular weight excluding hydrogens is 176 g/mol. The first-order valence-electron chi connectivity index (χ1n) is 5.78. The molecule has 0 radical (unpaired) electrons. The number of hydrogen-bond donors (Lipinski definition) is 1. The monoisotopic (exact) mass is 196 g/mol. The number of rotatable bonds is 0. The van der Waals surface area contributed by atoms with Crippen LogP contribution in [0.5, 0.6) is 0 Å². The molecule has 2 heteroatoms. The lowest BCUT2D eigenvalue weighted by atomic mass is 9.70. The fourth-order valence-electron chi connectivity index (χ4n) is 3.51. The van der Waals surface area contributed by atoms with E-state index < -0.39 is 11.5 Å². The van der Waals surface area contributed by atoms with E-state index in [1.807, 2.05) is 6.92 Å². The predicted molar refractivity (Wildman–Crippen MR) is 54.9 cm³/mol. The third-order valence-electron chi connectivity index (χ3n) is 4.57. The molecule has 0 bridgehead atoms. The first-order chi connectivity index (χ1) is 6.56. The fourth-order valence-corrected chi connectivity index (χ4v) is 3.51. The molecule has 0 amide bonds. The van der Waals surface area contributed by atoms with Gasteiger partial charge in [0, 0.05) is 6.42 Å². The van der Waals surface area contributed by atoms with E-state index in [0.29, 0.717) is 24.0 Å². The Morgan fingerprint density at radius 3 is 2.79 bits per heavy atom. The Hall–Kier alpha value is -0.370. The van der Waals surface area contributed by atoms with Crippen LogP contribution in [0.4, 0.5) is 0 Å². The third kappa shape index (κ3) is 1.23. The molecule has 0 heterocycles. The van der Waals surface area contributed by atoms with Crippen molar-refractivity contribution in [3.05, 3.63) is 0 Å². The molecule has 2 rings (SSSR count). The van der Waals surface area contributed by atoms with E-state index in [4.69, 9.17) is 0 Å². The highest BCUT2D eigenvalue weighted by molar-refractivity contribution is 5.87. The van der Waals surface area contributed by atoms with Gasteiger partial charge in [-0.15, -0.1) is 0 Å². The maximum absolute atomic E-state index is 11.9. The standard InChI is InChI=1S/C12H20O2/c1-8-4-3-5-10(13)12(2)9(8)6-7-11(12)14/h8-10,13H,3-7H2,1-2H3/t8-,9-,10?,12+/m0/s1. The minimum Gasteiger partial charge on any atom is -0.392 e. The maximum Gasteiger partial charge on any atom is 0.141 e. The quantitative estimate of drug-likeness (QED) is 0.644. The normalized spacial score (nSPS) is 48.8. The summed E-state index contributed by atoms with van der Waals surface area (Å²) in [6, 6.07) is 0. The lowest BCUT2D eigenvalue weighted by molar-refractivity contribution is -0.133. The maximum atomic E-state index is 11.9. The molecule has 0 aromatic carbocycles. The molecule has 1 N–H and O–H groups in total. The van der Waals surface area contributed by atoms with Gasteiger partial charge in [0.15, 0.2) is 0 Å². The number of aliphatic hydroxyl groups is 1. The van der Waals surface area contributed by atoms with Gasteiger partial charge in [0.05, 0.1) is 11.5 Å². The molecule has 0 spiro atoms. The smallest absolute Gasteiger partial charge is 0.141 e. The van der Waals surface area contributed by atoms with Gasteiger partial charge in [-0.05, 0) is 31.6 Å². The average Bonchev–Trinajstić information content (AvgIpc) is 2.39. The number of Topliss-reactive ketones (excluding diaryl/α,β-unsaturated/α-hetero) is 1. The zero-order valence-corrected chi connectivity index (χ0v) is 9.12. The molecule has 4 atom stereocenters. The van der Waals surface area contributed by atoms with Crippen molar-refractivity contribution >= 4 is 5.78 Å². The number of carbonyl (C=O) groups is 1. The van der Waals surface area contributed by atoms with Crippen molar-refractivity contribution in [1.82, 2.24) is 0 Å². The Kier molecular flexibility index (Phi) is 2.42. The number of aliphatic hydroxyl groups excluding tert-OH is 1. The van der Waals surface area contributed by atoms with Crippen molar-refractivity contribution in [3.8, 4) is 0 Å². The molecule has 0 saturated heterocycles. The van der Waals surface area contributed by atoms with E-state index in [1.165, 1.54) is 6.42 Å². The lowest BCUT2D eigenvalue weighted by Crippen LogP contribution is -2.41. The third-order valence-corrected chi connectivity index (χ3v) is 4.57.